The molecule has 0 bridgehead atoms. The molecule has 4 aromatic heterocycles. The molecule has 2 N–H and O–H groups in total. The molecule has 4 heterocycles. The van der Waals surface area contributed by atoms with Crippen LogP contribution in [0.4, 0.5) is 16.6 Å². The Balaban J connectivity index is 1.17. The normalized spacial score (nSPS) is 15.9. The molecule has 12 heteroatoms. The summed E-state index contributed by atoms with van der Waals surface area (Å²) in [5.74, 6) is 1.00. The first kappa shape index (κ1) is 30.2. The summed E-state index contributed by atoms with van der Waals surface area (Å²) in [6.45, 7) is 0.411. The summed E-state index contributed by atoms with van der Waals surface area (Å²) in [5, 5.41) is 20.4. The monoisotopic (exact) mass is 614 g/mol. The van der Waals surface area contributed by atoms with Crippen molar-refractivity contribution in [3.63, 3.8) is 0 Å². The zero-order valence-electron chi connectivity index (χ0n) is 25.7. The van der Waals surface area contributed by atoms with Crippen LogP contribution >= 0.6 is 0 Å². The minimum absolute atomic E-state index is 0.0615. The lowest BCUT2D eigenvalue weighted by molar-refractivity contribution is 0.240. The predicted octanol–water partition coefficient (Wildman–Crippen LogP) is 4.65. The van der Waals surface area contributed by atoms with Crippen molar-refractivity contribution < 1.29 is 4.79 Å². The number of carbonyl (C=O) groups is 1. The number of nitriles is 1. The quantitative estimate of drug-likeness (QED) is 0.257. The standard InChI is InChI=1S/C34H34N10O2/c1-42-21-25(9-15-31(42)45)32-26(16-35)19-37-33(41-32)40-28-10-12-29(13-11-28)44(34(46)38-17-23-6-4-3-5-7-23)30-14-8-24(18-36-30)27-20-39-43(2)22-27/h3-9,14-15,18-22,28-29H,10-13,17H2,1-2H3,(H,38,46)(H,37,40,41). The number of carbonyl (C=O) groups excluding carboxylic acids is 1. The van der Waals surface area contributed by atoms with Crippen LogP contribution < -0.4 is 21.1 Å². The van der Waals surface area contributed by atoms with Gasteiger partial charge in [-0.3, -0.25) is 14.4 Å². The van der Waals surface area contributed by atoms with E-state index in [1.54, 1.807) is 41.3 Å². The van der Waals surface area contributed by atoms with E-state index >= 15 is 0 Å². The van der Waals surface area contributed by atoms with Crippen LogP contribution in [0.2, 0.25) is 0 Å². The Kier molecular flexibility index (Phi) is 8.82. The van der Waals surface area contributed by atoms with Crippen molar-refractivity contribution in [2.75, 3.05) is 10.2 Å². The van der Waals surface area contributed by atoms with Gasteiger partial charge in [0.05, 0.1) is 23.7 Å². The third-order valence-electron chi connectivity index (χ3n) is 8.20. The van der Waals surface area contributed by atoms with Crippen LogP contribution in [0.1, 0.15) is 36.8 Å². The van der Waals surface area contributed by atoms with Crippen LogP contribution in [0.15, 0.2) is 90.4 Å². The maximum atomic E-state index is 13.7. The summed E-state index contributed by atoms with van der Waals surface area (Å²) in [5.41, 5.74) is 4.20. The van der Waals surface area contributed by atoms with Crippen molar-refractivity contribution in [3.05, 3.63) is 107 Å². The maximum absolute atomic E-state index is 13.7. The first-order chi connectivity index (χ1) is 22.4. The van der Waals surface area contributed by atoms with Crippen LogP contribution in [0, 0.1) is 11.3 Å². The van der Waals surface area contributed by atoms with Gasteiger partial charge in [-0.15, -0.1) is 0 Å². The largest absolute Gasteiger partial charge is 0.351 e. The molecule has 0 atom stereocenters. The summed E-state index contributed by atoms with van der Waals surface area (Å²) in [7, 11) is 3.53. The zero-order chi connectivity index (χ0) is 32.0. The van der Waals surface area contributed by atoms with Gasteiger partial charge in [0.25, 0.3) is 0 Å². The van der Waals surface area contributed by atoms with Gasteiger partial charge in [0.2, 0.25) is 11.5 Å². The van der Waals surface area contributed by atoms with E-state index in [-0.39, 0.29) is 23.7 Å². The third-order valence-corrected chi connectivity index (χ3v) is 8.20. The Labute approximate surface area is 266 Å². The average Bonchev–Trinajstić information content (AvgIpc) is 3.53. The third kappa shape index (κ3) is 6.78. The SMILES string of the molecule is Cn1cc(-c2ccc(N(C(=O)NCc3ccccc3)C3CCC(Nc4ncc(C#N)c(-c5ccc(=O)n(C)c5)n4)CC3)nc2)cn1. The Morgan fingerprint density at radius 3 is 2.39 bits per heavy atom. The van der Waals surface area contributed by atoms with E-state index in [4.69, 9.17) is 4.98 Å². The molecule has 0 radical (unpaired) electrons. The number of benzene rings is 1. The van der Waals surface area contributed by atoms with Crippen LogP contribution in [0.3, 0.4) is 0 Å². The molecule has 0 saturated heterocycles. The van der Waals surface area contributed by atoms with E-state index in [1.165, 1.54) is 16.8 Å². The highest BCUT2D eigenvalue weighted by Crippen LogP contribution is 2.30. The lowest BCUT2D eigenvalue weighted by Gasteiger charge is -2.36. The first-order valence-corrected chi connectivity index (χ1v) is 15.1. The van der Waals surface area contributed by atoms with E-state index in [2.05, 4.69) is 31.8 Å². The van der Waals surface area contributed by atoms with Gasteiger partial charge in [-0.25, -0.2) is 19.7 Å². The summed E-state index contributed by atoms with van der Waals surface area (Å²) >= 11 is 0. The zero-order valence-corrected chi connectivity index (χ0v) is 25.7. The van der Waals surface area contributed by atoms with Crippen molar-refractivity contribution in [2.45, 2.75) is 44.3 Å². The molecule has 46 heavy (non-hydrogen) atoms. The number of aryl methyl sites for hydroxylation is 2. The predicted molar refractivity (Wildman–Crippen MR) is 175 cm³/mol. The molecule has 1 aromatic carbocycles. The second kappa shape index (κ2) is 13.4. The highest BCUT2D eigenvalue weighted by Gasteiger charge is 2.31. The molecular formula is C34H34N10O2. The Morgan fingerprint density at radius 2 is 1.72 bits per heavy atom. The molecule has 5 aromatic rings. The summed E-state index contributed by atoms with van der Waals surface area (Å²) in [6.07, 6.45) is 11.7. The minimum Gasteiger partial charge on any atom is -0.351 e. The van der Waals surface area contributed by atoms with E-state index in [0.29, 0.717) is 35.1 Å². The van der Waals surface area contributed by atoms with Crippen molar-refractivity contribution in [1.29, 1.82) is 5.26 Å². The minimum atomic E-state index is -0.195. The lowest BCUT2D eigenvalue weighted by atomic mass is 9.90. The second-order valence-electron chi connectivity index (χ2n) is 11.4. The van der Waals surface area contributed by atoms with Gasteiger partial charge in [0, 0.05) is 74.1 Å². The number of nitrogens with zero attached hydrogens (tertiary/aromatic N) is 8. The van der Waals surface area contributed by atoms with Crippen LogP contribution in [0.25, 0.3) is 22.4 Å². The molecule has 0 spiro atoms. The van der Waals surface area contributed by atoms with E-state index < -0.39 is 0 Å². The smallest absolute Gasteiger partial charge is 0.323 e. The Morgan fingerprint density at radius 1 is 0.935 bits per heavy atom. The molecule has 0 aliphatic heterocycles. The van der Waals surface area contributed by atoms with Crippen LogP contribution in [-0.4, -0.2) is 47.4 Å². The topological polar surface area (TPSA) is 147 Å². The molecular weight excluding hydrogens is 580 g/mol. The molecule has 12 nitrogen and oxygen atoms in total. The number of anilines is 2. The molecule has 1 aliphatic rings. The van der Waals surface area contributed by atoms with Crippen molar-refractivity contribution in [3.8, 4) is 28.5 Å². The van der Waals surface area contributed by atoms with Gasteiger partial charge >= 0.3 is 6.03 Å². The fourth-order valence-corrected chi connectivity index (χ4v) is 5.73. The van der Waals surface area contributed by atoms with Crippen molar-refractivity contribution >= 4 is 17.8 Å². The van der Waals surface area contributed by atoms with E-state index in [9.17, 15) is 14.9 Å². The van der Waals surface area contributed by atoms with Crippen molar-refractivity contribution in [1.82, 2.24) is 34.6 Å². The fourth-order valence-electron chi connectivity index (χ4n) is 5.73. The number of pyridine rings is 2. The number of hydrogen-bond donors (Lipinski definition) is 2. The first-order valence-electron chi connectivity index (χ1n) is 15.1. The van der Waals surface area contributed by atoms with E-state index in [0.717, 1.165) is 42.4 Å². The Hall–Kier alpha value is -5.83. The molecule has 1 fully saturated rings. The highest BCUT2D eigenvalue weighted by molar-refractivity contribution is 5.91. The fraction of sp³-hybridized carbons (Fsp3) is 0.265. The van der Waals surface area contributed by atoms with Gasteiger partial charge in [-0.2, -0.15) is 10.4 Å². The molecule has 232 valence electrons. The molecule has 1 aliphatic carbocycles. The molecule has 6 rings (SSSR count). The second-order valence-corrected chi connectivity index (χ2v) is 11.4. The average molecular weight is 615 g/mol. The number of amides is 2. The van der Waals surface area contributed by atoms with Gasteiger partial charge in [-0.1, -0.05) is 30.3 Å². The van der Waals surface area contributed by atoms with Gasteiger partial charge in [0.1, 0.15) is 11.9 Å². The Bertz CT molecular complexity index is 1920. The summed E-state index contributed by atoms with van der Waals surface area (Å²) < 4.78 is 3.20. The van der Waals surface area contributed by atoms with E-state index in [1.807, 2.05) is 55.7 Å². The number of nitrogens with one attached hydrogen (secondary N) is 2. The number of hydrogen-bond acceptors (Lipinski definition) is 8. The molecule has 1 saturated carbocycles. The number of urea groups is 1. The van der Waals surface area contributed by atoms with Gasteiger partial charge in [0.15, 0.2) is 0 Å². The highest BCUT2D eigenvalue weighted by atomic mass is 16.2. The number of aromatic nitrogens is 6. The van der Waals surface area contributed by atoms with Gasteiger partial charge in [-0.05, 0) is 49.4 Å². The lowest BCUT2D eigenvalue weighted by Crippen LogP contribution is -2.49. The van der Waals surface area contributed by atoms with Crippen molar-refractivity contribution in [2.24, 2.45) is 14.1 Å². The maximum Gasteiger partial charge on any atom is 0.323 e. The summed E-state index contributed by atoms with van der Waals surface area (Å²) in [4.78, 5) is 41.1. The summed E-state index contributed by atoms with van der Waals surface area (Å²) in [6, 6.07) is 18.8. The van der Waals surface area contributed by atoms with Crippen LogP contribution in [-0.2, 0) is 20.6 Å². The molecule has 2 amide bonds. The van der Waals surface area contributed by atoms with Gasteiger partial charge < -0.3 is 15.2 Å². The number of rotatable bonds is 8. The molecule has 0 unspecified atom stereocenters. The van der Waals surface area contributed by atoms with Crippen LogP contribution in [0.5, 0.6) is 0 Å².